The van der Waals surface area contributed by atoms with Gasteiger partial charge in [0.15, 0.2) is 5.96 Å². The predicted octanol–water partition coefficient (Wildman–Crippen LogP) is 2.52. The highest BCUT2D eigenvalue weighted by molar-refractivity contribution is 5.78. The van der Waals surface area contributed by atoms with Gasteiger partial charge in [-0.2, -0.15) is 0 Å². The van der Waals surface area contributed by atoms with E-state index in [9.17, 15) is 0 Å². The lowest BCUT2D eigenvalue weighted by Crippen LogP contribution is -2.45. The summed E-state index contributed by atoms with van der Waals surface area (Å²) >= 11 is 0. The van der Waals surface area contributed by atoms with Crippen LogP contribution in [0.2, 0.25) is 0 Å². The number of nitrogens with zero attached hydrogens (tertiary/aromatic N) is 2. The smallest absolute Gasteiger partial charge is 0.191 e. The third-order valence-electron chi connectivity index (χ3n) is 4.00. The van der Waals surface area contributed by atoms with Crippen LogP contribution in [0.25, 0.3) is 0 Å². The van der Waals surface area contributed by atoms with Gasteiger partial charge in [-0.25, -0.2) is 0 Å². The Labute approximate surface area is 128 Å². The Kier molecular flexibility index (Phi) is 4.88. The van der Waals surface area contributed by atoms with Gasteiger partial charge in [-0.05, 0) is 39.2 Å². The topological polar surface area (TPSA) is 53.6 Å². The van der Waals surface area contributed by atoms with Gasteiger partial charge in [0.05, 0.1) is 6.54 Å². The Balaban J connectivity index is 1.90. The molecule has 2 rings (SSSR count). The fourth-order valence-corrected chi connectivity index (χ4v) is 2.50. The highest BCUT2D eigenvalue weighted by Crippen LogP contribution is 2.25. The van der Waals surface area contributed by atoms with Gasteiger partial charge in [0.1, 0.15) is 0 Å². The highest BCUT2D eigenvalue weighted by Gasteiger charge is 2.28. The van der Waals surface area contributed by atoms with Crippen LogP contribution < -0.4 is 11.1 Å². The fourth-order valence-electron chi connectivity index (χ4n) is 2.50. The maximum Gasteiger partial charge on any atom is 0.191 e. The molecule has 116 valence electrons. The lowest BCUT2D eigenvalue weighted by atomic mass is 10.0. The number of nitrogens with one attached hydrogen (secondary N) is 1. The summed E-state index contributed by atoms with van der Waals surface area (Å²) in [5.74, 6) is 0.653. The molecule has 0 spiro atoms. The van der Waals surface area contributed by atoms with Gasteiger partial charge < -0.3 is 16.0 Å². The van der Waals surface area contributed by atoms with Crippen LogP contribution in [-0.2, 0) is 0 Å². The minimum absolute atomic E-state index is 0.0930. The van der Waals surface area contributed by atoms with E-state index in [4.69, 9.17) is 5.73 Å². The molecule has 1 saturated carbocycles. The molecule has 1 atom stereocenters. The molecular formula is C17H28N4. The molecule has 0 aliphatic heterocycles. The molecule has 0 aromatic heterocycles. The average molecular weight is 288 g/mol. The third kappa shape index (κ3) is 4.74. The summed E-state index contributed by atoms with van der Waals surface area (Å²) < 4.78 is 0. The average Bonchev–Trinajstić information content (AvgIpc) is 3.29. The number of nitrogens with two attached hydrogens (primary N) is 1. The summed E-state index contributed by atoms with van der Waals surface area (Å²) in [5, 5.41) is 3.63. The standard InChI is InChI=1S/C17H28N4/c1-13(14-8-6-5-7-9-14)20-17(2,3)12-19-16(18)21(4)15-10-11-15/h5-9,13,15,20H,10-12H2,1-4H3,(H2,18,19). The Bertz CT molecular complexity index is 477. The molecule has 21 heavy (non-hydrogen) atoms. The summed E-state index contributed by atoms with van der Waals surface area (Å²) in [7, 11) is 2.03. The first-order valence-electron chi connectivity index (χ1n) is 7.74. The van der Waals surface area contributed by atoms with Crippen LogP contribution in [0.15, 0.2) is 35.3 Å². The van der Waals surface area contributed by atoms with E-state index in [0.29, 0.717) is 24.6 Å². The van der Waals surface area contributed by atoms with Crippen LogP contribution in [-0.4, -0.2) is 36.0 Å². The van der Waals surface area contributed by atoms with E-state index in [2.05, 4.69) is 60.2 Å². The number of hydrogen-bond acceptors (Lipinski definition) is 2. The SMILES string of the molecule is CC(NC(C)(C)CN=C(N)N(C)C1CC1)c1ccccc1. The first-order valence-corrected chi connectivity index (χ1v) is 7.74. The van der Waals surface area contributed by atoms with E-state index in [0.717, 1.165) is 0 Å². The Morgan fingerprint density at radius 3 is 2.57 bits per heavy atom. The summed E-state index contributed by atoms with van der Waals surface area (Å²) in [4.78, 5) is 6.66. The van der Waals surface area contributed by atoms with Crippen molar-refractivity contribution in [1.29, 1.82) is 0 Å². The van der Waals surface area contributed by atoms with Gasteiger partial charge in [0.25, 0.3) is 0 Å². The molecule has 0 saturated heterocycles. The van der Waals surface area contributed by atoms with Gasteiger partial charge in [0, 0.05) is 24.7 Å². The highest BCUT2D eigenvalue weighted by atomic mass is 15.3. The van der Waals surface area contributed by atoms with Crippen LogP contribution in [0.3, 0.4) is 0 Å². The molecule has 0 radical (unpaired) electrons. The molecule has 3 N–H and O–H groups in total. The molecular weight excluding hydrogens is 260 g/mol. The minimum Gasteiger partial charge on any atom is -0.370 e. The van der Waals surface area contributed by atoms with Gasteiger partial charge in [-0.3, -0.25) is 4.99 Å². The number of aliphatic imine (C=N–C) groups is 1. The van der Waals surface area contributed by atoms with Crippen molar-refractivity contribution in [2.45, 2.75) is 51.2 Å². The van der Waals surface area contributed by atoms with Crippen molar-refractivity contribution in [3.05, 3.63) is 35.9 Å². The van der Waals surface area contributed by atoms with Gasteiger partial charge in [-0.1, -0.05) is 30.3 Å². The number of hydrogen-bond donors (Lipinski definition) is 2. The van der Waals surface area contributed by atoms with E-state index in [1.807, 2.05) is 13.1 Å². The second-order valence-electron chi connectivity index (χ2n) is 6.68. The van der Waals surface area contributed by atoms with Crippen molar-refractivity contribution < 1.29 is 0 Å². The van der Waals surface area contributed by atoms with E-state index in [-0.39, 0.29) is 5.54 Å². The van der Waals surface area contributed by atoms with Crippen molar-refractivity contribution in [3.63, 3.8) is 0 Å². The molecule has 0 heterocycles. The van der Waals surface area contributed by atoms with E-state index >= 15 is 0 Å². The van der Waals surface area contributed by atoms with Gasteiger partial charge in [0.2, 0.25) is 0 Å². The molecule has 1 unspecified atom stereocenters. The van der Waals surface area contributed by atoms with Crippen molar-refractivity contribution in [2.24, 2.45) is 10.7 Å². The Hall–Kier alpha value is -1.55. The van der Waals surface area contributed by atoms with Crippen molar-refractivity contribution in [1.82, 2.24) is 10.2 Å². The molecule has 0 bridgehead atoms. The summed E-state index contributed by atoms with van der Waals surface area (Å²) in [6, 6.07) is 11.4. The zero-order valence-corrected chi connectivity index (χ0v) is 13.6. The zero-order valence-electron chi connectivity index (χ0n) is 13.6. The number of guanidine groups is 1. The maximum absolute atomic E-state index is 6.06. The third-order valence-corrected chi connectivity index (χ3v) is 4.00. The Morgan fingerprint density at radius 2 is 2.00 bits per heavy atom. The fraction of sp³-hybridized carbons (Fsp3) is 0.588. The summed E-state index contributed by atoms with van der Waals surface area (Å²) in [6.07, 6.45) is 2.47. The molecule has 1 aromatic rings. The number of rotatable bonds is 6. The molecule has 0 amide bonds. The molecule has 1 aromatic carbocycles. The van der Waals surface area contributed by atoms with Crippen molar-refractivity contribution in [3.8, 4) is 0 Å². The maximum atomic E-state index is 6.06. The Morgan fingerprint density at radius 1 is 1.38 bits per heavy atom. The number of benzene rings is 1. The van der Waals surface area contributed by atoms with Crippen LogP contribution in [0.1, 0.15) is 45.2 Å². The van der Waals surface area contributed by atoms with Crippen LogP contribution in [0.4, 0.5) is 0 Å². The van der Waals surface area contributed by atoms with Gasteiger partial charge >= 0.3 is 0 Å². The second-order valence-corrected chi connectivity index (χ2v) is 6.68. The minimum atomic E-state index is -0.0930. The van der Waals surface area contributed by atoms with Crippen LogP contribution >= 0.6 is 0 Å². The van der Waals surface area contributed by atoms with Crippen LogP contribution in [0.5, 0.6) is 0 Å². The molecule has 1 aliphatic rings. The van der Waals surface area contributed by atoms with Crippen molar-refractivity contribution in [2.75, 3.05) is 13.6 Å². The quantitative estimate of drug-likeness (QED) is 0.625. The lowest BCUT2D eigenvalue weighted by molar-refractivity contribution is 0.354. The molecule has 1 fully saturated rings. The van der Waals surface area contributed by atoms with Crippen molar-refractivity contribution >= 4 is 5.96 Å². The molecule has 1 aliphatic carbocycles. The van der Waals surface area contributed by atoms with Gasteiger partial charge in [-0.15, -0.1) is 0 Å². The second kappa shape index (κ2) is 6.48. The first kappa shape index (κ1) is 15.8. The van der Waals surface area contributed by atoms with E-state index in [1.165, 1.54) is 18.4 Å². The zero-order chi connectivity index (χ0) is 15.5. The first-order chi connectivity index (χ1) is 9.89. The summed E-state index contributed by atoms with van der Waals surface area (Å²) in [6.45, 7) is 7.19. The molecule has 4 heteroatoms. The van der Waals surface area contributed by atoms with E-state index in [1.54, 1.807) is 0 Å². The van der Waals surface area contributed by atoms with E-state index < -0.39 is 0 Å². The van der Waals surface area contributed by atoms with Crippen LogP contribution in [0, 0.1) is 0 Å². The predicted molar refractivity (Wildman–Crippen MR) is 89.3 cm³/mol. The summed E-state index contributed by atoms with van der Waals surface area (Å²) in [5.41, 5.74) is 7.25. The normalized spacial score (nSPS) is 17.6. The molecule has 4 nitrogen and oxygen atoms in total. The largest absolute Gasteiger partial charge is 0.370 e. The lowest BCUT2D eigenvalue weighted by Gasteiger charge is -2.29. The monoisotopic (exact) mass is 288 g/mol.